The molecule has 0 aliphatic carbocycles. The zero-order valence-electron chi connectivity index (χ0n) is 14.8. The molecule has 130 valence electrons. The number of phenolic OH excluding ortho intramolecular Hbond substituents is 1. The molecule has 0 saturated heterocycles. The number of nitrogens with two attached hydrogens (primary N) is 1. The van der Waals surface area contributed by atoms with Crippen LogP contribution in [0.3, 0.4) is 0 Å². The number of carbonyl (C=O) groups is 1. The van der Waals surface area contributed by atoms with Gasteiger partial charge < -0.3 is 20.3 Å². The molecule has 1 amide bonds. The first-order chi connectivity index (χ1) is 10.5. The van der Waals surface area contributed by atoms with Gasteiger partial charge >= 0.3 is 6.09 Å². The Morgan fingerprint density at radius 1 is 1.26 bits per heavy atom. The van der Waals surface area contributed by atoms with Crippen LogP contribution in [0.4, 0.5) is 10.5 Å². The van der Waals surface area contributed by atoms with Gasteiger partial charge in [-0.3, -0.25) is 5.32 Å². The molecule has 1 aromatic carbocycles. The maximum atomic E-state index is 12.0. The van der Waals surface area contributed by atoms with E-state index in [-0.39, 0.29) is 16.9 Å². The fourth-order valence-electron chi connectivity index (χ4n) is 2.17. The molecule has 0 aliphatic rings. The summed E-state index contributed by atoms with van der Waals surface area (Å²) in [5, 5.41) is 12.8. The van der Waals surface area contributed by atoms with Crippen LogP contribution in [-0.2, 0) is 10.2 Å². The molecule has 0 saturated carbocycles. The number of hydrogen-bond donors (Lipinski definition) is 3. The van der Waals surface area contributed by atoms with Crippen molar-refractivity contribution in [3.05, 3.63) is 17.7 Å². The topological polar surface area (TPSA) is 93.8 Å². The molecule has 0 aromatic heterocycles. The lowest BCUT2D eigenvalue weighted by Crippen LogP contribution is -2.27. The van der Waals surface area contributed by atoms with Crippen molar-refractivity contribution in [3.63, 3.8) is 0 Å². The van der Waals surface area contributed by atoms with Gasteiger partial charge in [-0.05, 0) is 56.8 Å². The quantitative estimate of drug-likeness (QED) is 0.722. The van der Waals surface area contributed by atoms with Gasteiger partial charge in [0.05, 0.1) is 12.8 Å². The number of carbonyl (C=O) groups excluding carboxylic acids is 1. The molecular weight excluding hydrogens is 296 g/mol. The number of amides is 1. The highest BCUT2D eigenvalue weighted by Crippen LogP contribution is 2.40. The van der Waals surface area contributed by atoms with Crippen LogP contribution in [-0.4, -0.2) is 30.5 Å². The second-order valence-corrected chi connectivity index (χ2v) is 7.12. The van der Waals surface area contributed by atoms with E-state index >= 15 is 0 Å². The number of benzene rings is 1. The Balaban J connectivity index is 3.18. The van der Waals surface area contributed by atoms with Crippen LogP contribution in [0.15, 0.2) is 12.1 Å². The predicted molar refractivity (Wildman–Crippen MR) is 91.2 cm³/mol. The van der Waals surface area contributed by atoms with E-state index in [1.807, 2.05) is 13.8 Å². The van der Waals surface area contributed by atoms with Gasteiger partial charge in [0.15, 0.2) is 11.5 Å². The normalized spacial score (nSPS) is 12.0. The Labute approximate surface area is 138 Å². The molecule has 4 N–H and O–H groups in total. The van der Waals surface area contributed by atoms with Crippen LogP contribution in [0.25, 0.3) is 0 Å². The molecule has 0 spiro atoms. The average Bonchev–Trinajstić information content (AvgIpc) is 2.38. The van der Waals surface area contributed by atoms with Gasteiger partial charge in [-0.15, -0.1) is 0 Å². The van der Waals surface area contributed by atoms with Crippen molar-refractivity contribution in [2.45, 2.75) is 52.1 Å². The Morgan fingerprint density at radius 2 is 1.87 bits per heavy atom. The lowest BCUT2D eigenvalue weighted by atomic mass is 9.81. The Bertz CT molecular complexity index is 562. The van der Waals surface area contributed by atoms with Gasteiger partial charge in [-0.1, -0.05) is 13.8 Å². The minimum absolute atomic E-state index is 0.134. The number of methoxy groups -OCH3 is 1. The maximum absolute atomic E-state index is 12.0. The summed E-state index contributed by atoms with van der Waals surface area (Å²) in [5.41, 5.74) is 5.98. The lowest BCUT2D eigenvalue weighted by Gasteiger charge is -2.26. The third-order valence-electron chi connectivity index (χ3n) is 3.48. The molecule has 1 rings (SSSR count). The molecular formula is C17H28N2O4. The fourth-order valence-corrected chi connectivity index (χ4v) is 2.17. The minimum Gasteiger partial charge on any atom is -0.503 e. The third-order valence-corrected chi connectivity index (χ3v) is 3.48. The summed E-state index contributed by atoms with van der Waals surface area (Å²) in [4.78, 5) is 12.0. The summed E-state index contributed by atoms with van der Waals surface area (Å²) in [5.74, 6) is 0.157. The Kier molecular flexibility index (Phi) is 5.88. The van der Waals surface area contributed by atoms with Crippen molar-refractivity contribution in [1.82, 2.24) is 0 Å². The number of rotatable bonds is 5. The second kappa shape index (κ2) is 7.08. The van der Waals surface area contributed by atoms with Gasteiger partial charge in [0.1, 0.15) is 5.60 Å². The van der Waals surface area contributed by atoms with E-state index in [0.717, 1.165) is 12.0 Å². The molecule has 1 aromatic rings. The second-order valence-electron chi connectivity index (χ2n) is 7.12. The number of phenols is 1. The van der Waals surface area contributed by atoms with Crippen LogP contribution in [0, 0.1) is 0 Å². The van der Waals surface area contributed by atoms with Crippen molar-refractivity contribution >= 4 is 11.8 Å². The van der Waals surface area contributed by atoms with E-state index in [0.29, 0.717) is 12.3 Å². The highest BCUT2D eigenvalue weighted by Gasteiger charge is 2.25. The number of aromatic hydroxyl groups is 1. The molecule has 6 nitrogen and oxygen atoms in total. The lowest BCUT2D eigenvalue weighted by molar-refractivity contribution is 0.0635. The summed E-state index contributed by atoms with van der Waals surface area (Å²) in [6.07, 6.45) is 0.121. The summed E-state index contributed by atoms with van der Waals surface area (Å²) in [6, 6.07) is 3.47. The highest BCUT2D eigenvalue weighted by atomic mass is 16.6. The molecule has 0 aliphatic heterocycles. The van der Waals surface area contributed by atoms with Crippen molar-refractivity contribution in [2.75, 3.05) is 19.0 Å². The van der Waals surface area contributed by atoms with E-state index in [4.69, 9.17) is 15.2 Å². The first-order valence-electron chi connectivity index (χ1n) is 7.61. The SMILES string of the molecule is COc1cc(C(C)(C)CCN)cc(NC(=O)OC(C)(C)C)c1O. The van der Waals surface area contributed by atoms with E-state index in [1.165, 1.54) is 7.11 Å². The maximum Gasteiger partial charge on any atom is 0.412 e. The third kappa shape index (κ3) is 5.32. The van der Waals surface area contributed by atoms with Crippen LogP contribution in [0.1, 0.15) is 46.6 Å². The first-order valence-corrected chi connectivity index (χ1v) is 7.61. The number of hydrogen-bond acceptors (Lipinski definition) is 5. The van der Waals surface area contributed by atoms with Gasteiger partial charge in [0.25, 0.3) is 0 Å². The number of ether oxygens (including phenoxy) is 2. The standard InChI is InChI=1S/C17H28N2O4/c1-16(2,3)23-15(21)19-12-9-11(17(4,5)7-8-18)10-13(22-6)14(12)20/h9-10,20H,7-8,18H2,1-6H3,(H,19,21). The number of anilines is 1. The molecule has 0 radical (unpaired) electrons. The van der Waals surface area contributed by atoms with E-state index in [1.54, 1.807) is 32.9 Å². The van der Waals surface area contributed by atoms with Crippen LogP contribution >= 0.6 is 0 Å². The largest absolute Gasteiger partial charge is 0.503 e. The summed E-state index contributed by atoms with van der Waals surface area (Å²) in [7, 11) is 1.46. The molecule has 0 unspecified atom stereocenters. The summed E-state index contributed by atoms with van der Waals surface area (Å²) >= 11 is 0. The Morgan fingerprint density at radius 3 is 2.35 bits per heavy atom. The minimum atomic E-state index is -0.636. The smallest absolute Gasteiger partial charge is 0.412 e. The molecule has 0 heterocycles. The van der Waals surface area contributed by atoms with Gasteiger partial charge in [0, 0.05) is 0 Å². The average molecular weight is 324 g/mol. The van der Waals surface area contributed by atoms with E-state index < -0.39 is 11.7 Å². The highest BCUT2D eigenvalue weighted by molar-refractivity contribution is 5.88. The first kappa shape index (κ1) is 19.1. The van der Waals surface area contributed by atoms with E-state index in [2.05, 4.69) is 5.32 Å². The van der Waals surface area contributed by atoms with Gasteiger partial charge in [-0.2, -0.15) is 0 Å². The van der Waals surface area contributed by atoms with E-state index in [9.17, 15) is 9.90 Å². The van der Waals surface area contributed by atoms with Crippen molar-refractivity contribution < 1.29 is 19.4 Å². The predicted octanol–water partition coefficient (Wildman–Crippen LogP) is 3.37. The van der Waals surface area contributed by atoms with Gasteiger partial charge in [-0.25, -0.2) is 4.79 Å². The molecule has 6 heteroatoms. The van der Waals surface area contributed by atoms with Crippen molar-refractivity contribution in [2.24, 2.45) is 5.73 Å². The summed E-state index contributed by atoms with van der Waals surface area (Å²) < 4.78 is 10.4. The molecule has 0 fully saturated rings. The van der Waals surface area contributed by atoms with Crippen LogP contribution in [0.5, 0.6) is 11.5 Å². The Hall–Kier alpha value is -1.95. The van der Waals surface area contributed by atoms with Crippen LogP contribution in [0.2, 0.25) is 0 Å². The van der Waals surface area contributed by atoms with Crippen LogP contribution < -0.4 is 15.8 Å². The molecule has 0 atom stereocenters. The zero-order valence-corrected chi connectivity index (χ0v) is 14.8. The van der Waals surface area contributed by atoms with Crippen molar-refractivity contribution in [3.8, 4) is 11.5 Å². The number of nitrogens with one attached hydrogen (secondary N) is 1. The zero-order chi connectivity index (χ0) is 17.8. The van der Waals surface area contributed by atoms with Crippen molar-refractivity contribution in [1.29, 1.82) is 0 Å². The summed E-state index contributed by atoms with van der Waals surface area (Å²) in [6.45, 7) is 9.94. The monoisotopic (exact) mass is 324 g/mol. The molecule has 23 heavy (non-hydrogen) atoms. The molecule has 0 bridgehead atoms. The van der Waals surface area contributed by atoms with Gasteiger partial charge in [0.2, 0.25) is 0 Å². The fraction of sp³-hybridized carbons (Fsp3) is 0.588.